The van der Waals surface area contributed by atoms with E-state index in [1.807, 2.05) is 0 Å². The third-order valence-electron chi connectivity index (χ3n) is 3.51. The minimum absolute atomic E-state index is 0.309. The van der Waals surface area contributed by atoms with E-state index in [9.17, 15) is 0 Å². The fraction of sp³-hybridized carbons (Fsp3) is 0.714. The van der Waals surface area contributed by atoms with Crippen LogP contribution in [0, 0.1) is 0 Å². The Balaban J connectivity index is 2.61. The standard InChI is InChI=1S/C14H25ClN4/c1-6-11(4)19(5)8-7-16-14-12(10(2)3)13(15)17-9-18-14/h9-11H,6-8H2,1-5H3,(H,16,17,18). The van der Waals surface area contributed by atoms with E-state index < -0.39 is 0 Å². The Morgan fingerprint density at radius 2 is 2.00 bits per heavy atom. The van der Waals surface area contributed by atoms with Crippen LogP contribution in [0.2, 0.25) is 5.15 Å². The van der Waals surface area contributed by atoms with Crippen LogP contribution in [0.3, 0.4) is 0 Å². The number of aromatic nitrogens is 2. The topological polar surface area (TPSA) is 41.0 Å². The highest BCUT2D eigenvalue weighted by atomic mass is 35.5. The van der Waals surface area contributed by atoms with Crippen LogP contribution in [-0.4, -0.2) is 41.0 Å². The highest BCUT2D eigenvalue weighted by Gasteiger charge is 2.13. The van der Waals surface area contributed by atoms with Crippen molar-refractivity contribution in [1.29, 1.82) is 0 Å². The quantitative estimate of drug-likeness (QED) is 0.779. The summed E-state index contributed by atoms with van der Waals surface area (Å²) < 4.78 is 0. The largest absolute Gasteiger partial charge is 0.368 e. The Hall–Kier alpha value is -0.870. The van der Waals surface area contributed by atoms with Gasteiger partial charge in [0, 0.05) is 24.7 Å². The van der Waals surface area contributed by atoms with E-state index in [1.165, 1.54) is 6.33 Å². The summed E-state index contributed by atoms with van der Waals surface area (Å²) >= 11 is 6.14. The molecule has 19 heavy (non-hydrogen) atoms. The fourth-order valence-corrected chi connectivity index (χ4v) is 2.26. The molecule has 0 amide bonds. The molecule has 1 unspecified atom stereocenters. The van der Waals surface area contributed by atoms with E-state index in [1.54, 1.807) is 0 Å². The first kappa shape index (κ1) is 16.2. The molecule has 0 aromatic carbocycles. The lowest BCUT2D eigenvalue weighted by Gasteiger charge is -2.24. The molecule has 1 aromatic rings. The van der Waals surface area contributed by atoms with Gasteiger partial charge in [-0.2, -0.15) is 0 Å². The van der Waals surface area contributed by atoms with Crippen molar-refractivity contribution in [3.8, 4) is 0 Å². The molecule has 0 saturated carbocycles. The second-order valence-electron chi connectivity index (χ2n) is 5.25. The number of halogens is 1. The van der Waals surface area contributed by atoms with Crippen molar-refractivity contribution in [3.63, 3.8) is 0 Å². The van der Waals surface area contributed by atoms with Crippen LogP contribution in [0.5, 0.6) is 0 Å². The van der Waals surface area contributed by atoms with Crippen molar-refractivity contribution in [3.05, 3.63) is 17.0 Å². The van der Waals surface area contributed by atoms with E-state index in [4.69, 9.17) is 11.6 Å². The molecule has 1 aromatic heterocycles. The van der Waals surface area contributed by atoms with E-state index in [0.717, 1.165) is 30.9 Å². The smallest absolute Gasteiger partial charge is 0.138 e. The Labute approximate surface area is 121 Å². The predicted octanol–water partition coefficient (Wildman–Crippen LogP) is 3.40. The van der Waals surface area contributed by atoms with Gasteiger partial charge in [-0.15, -0.1) is 0 Å². The van der Waals surface area contributed by atoms with Gasteiger partial charge in [0.2, 0.25) is 0 Å². The van der Waals surface area contributed by atoms with Gasteiger partial charge in [-0.05, 0) is 26.3 Å². The van der Waals surface area contributed by atoms with Crippen molar-refractivity contribution < 1.29 is 0 Å². The minimum Gasteiger partial charge on any atom is -0.368 e. The summed E-state index contributed by atoms with van der Waals surface area (Å²) in [5.74, 6) is 1.16. The zero-order chi connectivity index (χ0) is 14.4. The van der Waals surface area contributed by atoms with Crippen molar-refractivity contribution in [2.24, 2.45) is 0 Å². The van der Waals surface area contributed by atoms with Crippen molar-refractivity contribution in [2.75, 3.05) is 25.5 Å². The molecule has 4 nitrogen and oxygen atoms in total. The molecular formula is C14H25ClN4. The highest BCUT2D eigenvalue weighted by Crippen LogP contribution is 2.27. The number of likely N-dealkylation sites (N-methyl/N-ethyl adjacent to an activating group) is 1. The van der Waals surface area contributed by atoms with Gasteiger partial charge in [0.1, 0.15) is 17.3 Å². The van der Waals surface area contributed by atoms with Crippen LogP contribution >= 0.6 is 11.6 Å². The lowest BCUT2D eigenvalue weighted by atomic mass is 10.1. The molecule has 0 fully saturated rings. The van der Waals surface area contributed by atoms with Gasteiger partial charge in [-0.3, -0.25) is 0 Å². The number of nitrogens with one attached hydrogen (secondary N) is 1. The predicted molar refractivity (Wildman–Crippen MR) is 82.0 cm³/mol. The van der Waals surface area contributed by atoms with Crippen LogP contribution in [-0.2, 0) is 0 Å². The average molecular weight is 285 g/mol. The first-order valence-electron chi connectivity index (χ1n) is 6.91. The second kappa shape index (κ2) is 7.65. The van der Waals surface area contributed by atoms with Crippen LogP contribution in [0.25, 0.3) is 0 Å². The molecule has 1 atom stereocenters. The summed E-state index contributed by atoms with van der Waals surface area (Å²) in [7, 11) is 2.14. The molecule has 0 aliphatic rings. The summed E-state index contributed by atoms with van der Waals surface area (Å²) in [5, 5.41) is 3.91. The van der Waals surface area contributed by atoms with Gasteiger partial charge in [-0.25, -0.2) is 9.97 Å². The average Bonchev–Trinajstić information content (AvgIpc) is 2.37. The lowest BCUT2D eigenvalue weighted by molar-refractivity contribution is 0.261. The molecule has 1 heterocycles. The zero-order valence-corrected chi connectivity index (χ0v) is 13.3. The molecule has 0 aliphatic carbocycles. The maximum absolute atomic E-state index is 6.14. The Morgan fingerprint density at radius 3 is 2.58 bits per heavy atom. The third kappa shape index (κ3) is 4.62. The zero-order valence-electron chi connectivity index (χ0n) is 12.6. The first-order chi connectivity index (χ1) is 8.97. The summed E-state index contributed by atoms with van der Waals surface area (Å²) in [6, 6.07) is 0.598. The Bertz CT molecular complexity index is 395. The number of hydrogen-bond donors (Lipinski definition) is 1. The van der Waals surface area contributed by atoms with Crippen molar-refractivity contribution in [2.45, 2.75) is 46.1 Å². The second-order valence-corrected chi connectivity index (χ2v) is 5.60. The van der Waals surface area contributed by atoms with E-state index in [0.29, 0.717) is 17.1 Å². The molecule has 1 N–H and O–H groups in total. The molecule has 0 radical (unpaired) electrons. The van der Waals surface area contributed by atoms with E-state index in [-0.39, 0.29) is 0 Å². The maximum Gasteiger partial charge on any atom is 0.138 e. The molecule has 0 spiro atoms. The van der Waals surface area contributed by atoms with Crippen LogP contribution in [0.1, 0.15) is 45.6 Å². The Kier molecular flexibility index (Phi) is 6.52. The molecule has 0 bridgehead atoms. The summed E-state index contributed by atoms with van der Waals surface area (Å²) in [5.41, 5.74) is 0.996. The third-order valence-corrected chi connectivity index (χ3v) is 3.81. The van der Waals surface area contributed by atoms with E-state index in [2.05, 4.69) is 54.9 Å². The first-order valence-corrected chi connectivity index (χ1v) is 7.29. The fourth-order valence-electron chi connectivity index (χ4n) is 1.91. The van der Waals surface area contributed by atoms with Gasteiger partial charge in [0.05, 0.1) is 0 Å². The number of hydrogen-bond acceptors (Lipinski definition) is 4. The number of rotatable bonds is 7. The SMILES string of the molecule is CCC(C)N(C)CCNc1ncnc(Cl)c1C(C)C. The van der Waals surface area contributed by atoms with Gasteiger partial charge in [-0.1, -0.05) is 32.4 Å². The monoisotopic (exact) mass is 284 g/mol. The van der Waals surface area contributed by atoms with E-state index >= 15 is 0 Å². The van der Waals surface area contributed by atoms with Gasteiger partial charge in [0.25, 0.3) is 0 Å². The molecule has 108 valence electrons. The minimum atomic E-state index is 0.309. The van der Waals surface area contributed by atoms with Gasteiger partial charge >= 0.3 is 0 Å². The molecule has 0 saturated heterocycles. The molecule has 5 heteroatoms. The Morgan fingerprint density at radius 1 is 1.32 bits per heavy atom. The summed E-state index contributed by atoms with van der Waals surface area (Å²) in [4.78, 5) is 10.7. The van der Waals surface area contributed by atoms with Crippen LogP contribution in [0.15, 0.2) is 6.33 Å². The van der Waals surface area contributed by atoms with Gasteiger partial charge < -0.3 is 10.2 Å². The number of nitrogens with zero attached hydrogens (tertiary/aromatic N) is 3. The number of anilines is 1. The highest BCUT2D eigenvalue weighted by molar-refractivity contribution is 6.30. The van der Waals surface area contributed by atoms with Gasteiger partial charge in [0.15, 0.2) is 0 Å². The van der Waals surface area contributed by atoms with Crippen molar-refractivity contribution >= 4 is 17.4 Å². The van der Waals surface area contributed by atoms with Crippen molar-refractivity contribution in [1.82, 2.24) is 14.9 Å². The maximum atomic E-state index is 6.14. The van der Waals surface area contributed by atoms with Crippen LogP contribution < -0.4 is 5.32 Å². The normalized spacial score (nSPS) is 13.1. The van der Waals surface area contributed by atoms with Crippen LogP contribution in [0.4, 0.5) is 5.82 Å². The summed E-state index contributed by atoms with van der Waals surface area (Å²) in [6.07, 6.45) is 2.67. The summed E-state index contributed by atoms with van der Waals surface area (Å²) in [6.45, 7) is 10.5. The lowest BCUT2D eigenvalue weighted by Crippen LogP contribution is -2.33. The molecular weight excluding hydrogens is 260 g/mol. The molecule has 0 aliphatic heterocycles. The molecule has 1 rings (SSSR count).